The standard InChI is InChI=1S/C24H38O4S6Si2/c1-21(19-35(25-3,26-4)23-13-9-7-10-14-23)17-29-31-33-34-32-30-18-22(2)20-36(27-5,28-6)24-15-11-8-12-16-24/h7-16,21-22H,17-20H2,1-6H3. The fourth-order valence-electron chi connectivity index (χ4n) is 3.98. The maximum Gasteiger partial charge on any atom is 0.372 e. The van der Waals surface area contributed by atoms with Crippen LogP contribution < -0.4 is 10.4 Å². The molecule has 0 aliphatic heterocycles. The Morgan fingerprint density at radius 3 is 1.19 bits per heavy atom. The Hall–Kier alpha value is 0.814. The molecule has 0 N–H and O–H groups in total. The first-order valence-corrected chi connectivity index (χ1v) is 23.5. The summed E-state index contributed by atoms with van der Waals surface area (Å²) in [7, 11) is 13.6. The van der Waals surface area contributed by atoms with E-state index < -0.39 is 17.1 Å². The number of benzene rings is 2. The van der Waals surface area contributed by atoms with Crippen molar-refractivity contribution in [1.29, 1.82) is 0 Å². The largest absolute Gasteiger partial charge is 0.394 e. The molecule has 2 aromatic carbocycles. The van der Waals surface area contributed by atoms with Crippen molar-refractivity contribution in [2.45, 2.75) is 25.9 Å². The van der Waals surface area contributed by atoms with Gasteiger partial charge in [-0.2, -0.15) is 0 Å². The molecule has 12 heteroatoms. The van der Waals surface area contributed by atoms with Crippen LogP contribution in [0.5, 0.6) is 0 Å². The Kier molecular flexibility index (Phi) is 16.7. The molecule has 0 saturated carbocycles. The molecule has 0 fully saturated rings. The lowest BCUT2D eigenvalue weighted by Gasteiger charge is -2.30. The molecule has 0 amide bonds. The Balaban J connectivity index is 1.63. The lowest BCUT2D eigenvalue weighted by molar-refractivity contribution is 0.252. The van der Waals surface area contributed by atoms with Gasteiger partial charge in [0.15, 0.2) is 0 Å². The van der Waals surface area contributed by atoms with E-state index >= 15 is 0 Å². The second-order valence-corrected chi connectivity index (χ2v) is 24.8. The van der Waals surface area contributed by atoms with E-state index in [9.17, 15) is 0 Å². The van der Waals surface area contributed by atoms with Gasteiger partial charge in [-0.1, -0.05) is 96.1 Å². The van der Waals surface area contributed by atoms with Gasteiger partial charge in [0.2, 0.25) is 0 Å². The molecule has 2 rings (SSSR count). The van der Waals surface area contributed by atoms with E-state index in [2.05, 4.69) is 62.4 Å². The average molecular weight is 639 g/mol. The molecule has 0 aliphatic rings. The van der Waals surface area contributed by atoms with Gasteiger partial charge in [0, 0.05) is 39.9 Å². The number of rotatable bonds is 19. The minimum atomic E-state index is -2.38. The summed E-state index contributed by atoms with van der Waals surface area (Å²) in [6.07, 6.45) is 0. The van der Waals surface area contributed by atoms with Gasteiger partial charge in [-0.05, 0) is 73.6 Å². The first kappa shape index (κ1) is 33.0. The molecule has 0 aromatic heterocycles. The summed E-state index contributed by atoms with van der Waals surface area (Å²) in [6.45, 7) is 4.58. The van der Waals surface area contributed by atoms with Crippen LogP contribution in [0.15, 0.2) is 60.7 Å². The van der Waals surface area contributed by atoms with E-state index in [4.69, 9.17) is 17.7 Å². The highest BCUT2D eigenvalue weighted by Crippen LogP contribution is 2.53. The minimum Gasteiger partial charge on any atom is -0.394 e. The van der Waals surface area contributed by atoms with Gasteiger partial charge < -0.3 is 17.7 Å². The maximum atomic E-state index is 5.98. The van der Waals surface area contributed by atoms with Gasteiger partial charge in [-0.15, -0.1) is 0 Å². The number of hydrogen-bond donors (Lipinski definition) is 0. The Morgan fingerprint density at radius 2 is 0.889 bits per heavy atom. The maximum absolute atomic E-state index is 5.98. The van der Waals surface area contributed by atoms with Gasteiger partial charge in [-0.25, -0.2) is 0 Å². The second kappa shape index (κ2) is 18.2. The molecule has 2 aromatic rings. The van der Waals surface area contributed by atoms with Gasteiger partial charge >= 0.3 is 17.1 Å². The van der Waals surface area contributed by atoms with Crippen molar-refractivity contribution >= 4 is 88.4 Å². The second-order valence-electron chi connectivity index (χ2n) is 8.51. The Labute approximate surface area is 242 Å². The van der Waals surface area contributed by atoms with Crippen LogP contribution in [0.4, 0.5) is 0 Å². The lowest BCUT2D eigenvalue weighted by atomic mass is 10.3. The van der Waals surface area contributed by atoms with Crippen LogP contribution in [0.3, 0.4) is 0 Å². The van der Waals surface area contributed by atoms with E-state index in [0.717, 1.165) is 23.6 Å². The fourth-order valence-corrected chi connectivity index (χ4v) is 22.5. The first-order valence-electron chi connectivity index (χ1n) is 11.7. The van der Waals surface area contributed by atoms with Gasteiger partial charge in [-0.3, -0.25) is 0 Å². The molecule has 4 nitrogen and oxygen atoms in total. The van der Waals surface area contributed by atoms with Crippen LogP contribution in [-0.4, -0.2) is 57.1 Å². The minimum absolute atomic E-state index is 0.512. The van der Waals surface area contributed by atoms with Gasteiger partial charge in [0.05, 0.1) is 0 Å². The third-order valence-electron chi connectivity index (χ3n) is 5.87. The van der Waals surface area contributed by atoms with Crippen LogP contribution in [0.2, 0.25) is 12.1 Å². The lowest BCUT2D eigenvalue weighted by Crippen LogP contribution is -2.53. The van der Waals surface area contributed by atoms with Crippen LogP contribution in [0.25, 0.3) is 0 Å². The van der Waals surface area contributed by atoms with Crippen molar-refractivity contribution in [2.75, 3.05) is 39.9 Å². The highest BCUT2D eigenvalue weighted by molar-refractivity contribution is 9.41. The van der Waals surface area contributed by atoms with E-state index in [0.29, 0.717) is 11.8 Å². The van der Waals surface area contributed by atoms with E-state index in [1.165, 1.54) is 10.4 Å². The van der Waals surface area contributed by atoms with Crippen LogP contribution in [0.1, 0.15) is 13.8 Å². The van der Waals surface area contributed by atoms with Crippen molar-refractivity contribution in [2.24, 2.45) is 11.8 Å². The molecular formula is C24H38O4S6Si2. The summed E-state index contributed by atoms with van der Waals surface area (Å²) in [4.78, 5) is 0. The fraction of sp³-hybridized carbons (Fsp3) is 0.500. The molecule has 0 bridgehead atoms. The molecule has 0 heterocycles. The monoisotopic (exact) mass is 638 g/mol. The molecule has 0 radical (unpaired) electrons. The topological polar surface area (TPSA) is 36.9 Å². The Bertz CT molecular complexity index is 762. The summed E-state index contributed by atoms with van der Waals surface area (Å²) < 4.78 is 23.9. The molecular weight excluding hydrogens is 601 g/mol. The molecule has 2 atom stereocenters. The first-order chi connectivity index (χ1) is 17.4. The summed E-state index contributed by atoms with van der Waals surface area (Å²) in [5, 5.41) is 2.40. The van der Waals surface area contributed by atoms with Crippen LogP contribution >= 0.6 is 60.9 Å². The van der Waals surface area contributed by atoms with Crippen molar-refractivity contribution in [1.82, 2.24) is 0 Å². The number of hydrogen-bond acceptors (Lipinski definition) is 10. The van der Waals surface area contributed by atoms with Crippen molar-refractivity contribution in [3.8, 4) is 0 Å². The van der Waals surface area contributed by atoms with E-state index in [-0.39, 0.29) is 0 Å². The zero-order valence-corrected chi connectivity index (χ0v) is 28.7. The van der Waals surface area contributed by atoms with Crippen LogP contribution in [0, 0.1) is 11.8 Å². The molecule has 2 unspecified atom stereocenters. The molecule has 0 aliphatic carbocycles. The van der Waals surface area contributed by atoms with Crippen LogP contribution in [-0.2, 0) is 17.7 Å². The summed E-state index contributed by atoms with van der Waals surface area (Å²) in [6, 6.07) is 22.7. The highest BCUT2D eigenvalue weighted by atomic mass is 33.9. The quantitative estimate of drug-likeness (QED) is 0.0876. The van der Waals surface area contributed by atoms with Crippen molar-refractivity contribution in [3.63, 3.8) is 0 Å². The van der Waals surface area contributed by atoms with Gasteiger partial charge in [0.25, 0.3) is 0 Å². The highest BCUT2D eigenvalue weighted by Gasteiger charge is 2.40. The smallest absolute Gasteiger partial charge is 0.372 e. The SMILES string of the molecule is CO[Si](CC(C)CSSSSSSCC(C)C[Si](OC)(OC)c1ccccc1)(OC)c1ccccc1. The van der Waals surface area contributed by atoms with Crippen molar-refractivity contribution < 1.29 is 17.7 Å². The predicted molar refractivity (Wildman–Crippen MR) is 175 cm³/mol. The predicted octanol–water partition coefficient (Wildman–Crippen LogP) is 7.52. The normalized spacial score (nSPS) is 14.1. The summed E-state index contributed by atoms with van der Waals surface area (Å²) in [5.74, 6) is 3.17. The summed E-state index contributed by atoms with van der Waals surface area (Å²) in [5.41, 5.74) is 0. The van der Waals surface area contributed by atoms with Gasteiger partial charge in [0.1, 0.15) is 0 Å². The molecule has 0 spiro atoms. The van der Waals surface area contributed by atoms with E-state index in [1.807, 2.05) is 73.0 Å². The van der Waals surface area contributed by atoms with E-state index in [1.54, 1.807) is 28.4 Å². The summed E-state index contributed by atoms with van der Waals surface area (Å²) >= 11 is 0. The zero-order chi connectivity index (χ0) is 26.3. The third-order valence-corrected chi connectivity index (χ3v) is 24.8. The molecule has 202 valence electrons. The Morgan fingerprint density at radius 1 is 0.556 bits per heavy atom. The van der Waals surface area contributed by atoms with Crippen molar-refractivity contribution in [3.05, 3.63) is 60.7 Å². The molecule has 36 heavy (non-hydrogen) atoms. The average Bonchev–Trinajstić information content (AvgIpc) is 2.93. The molecule has 0 saturated heterocycles. The third kappa shape index (κ3) is 10.4. The zero-order valence-electron chi connectivity index (χ0n) is 21.8.